The number of amides is 1. The van der Waals surface area contributed by atoms with Crippen molar-refractivity contribution in [2.75, 3.05) is 32.2 Å². The highest BCUT2D eigenvalue weighted by molar-refractivity contribution is 5.99. The van der Waals surface area contributed by atoms with Crippen LogP contribution in [0.2, 0.25) is 0 Å². The van der Waals surface area contributed by atoms with Crippen molar-refractivity contribution in [3.05, 3.63) is 61.7 Å². The van der Waals surface area contributed by atoms with E-state index in [-0.39, 0.29) is 5.91 Å². The Morgan fingerprint density at radius 3 is 3.03 bits per heavy atom. The average molecular weight is 448 g/mol. The second-order valence-corrected chi connectivity index (χ2v) is 7.03. The van der Waals surface area contributed by atoms with Gasteiger partial charge in [0.05, 0.1) is 38.8 Å². The number of hydrogen-bond donors (Lipinski definition) is 2. The number of ether oxygens (including phenoxy) is 3. The highest BCUT2D eigenvalue weighted by atomic mass is 16.5. The molecule has 0 saturated heterocycles. The number of benzene rings is 1. The van der Waals surface area contributed by atoms with Gasteiger partial charge in [0.25, 0.3) is 0 Å². The van der Waals surface area contributed by atoms with Gasteiger partial charge in [0.15, 0.2) is 5.65 Å². The molecule has 1 aromatic carbocycles. The SMILES string of the molecule is C=CC(=O)Nc1cccc(Oc2cnc3[nH]cc(-c4cnn(CCOCCOC)c4)c3n2)c1. The fourth-order valence-corrected chi connectivity index (χ4v) is 3.12. The van der Waals surface area contributed by atoms with Crippen molar-refractivity contribution < 1.29 is 19.0 Å². The predicted octanol–water partition coefficient (Wildman–Crippen LogP) is 3.40. The molecule has 170 valence electrons. The summed E-state index contributed by atoms with van der Waals surface area (Å²) >= 11 is 0. The van der Waals surface area contributed by atoms with E-state index in [9.17, 15) is 4.79 Å². The minimum Gasteiger partial charge on any atom is -0.437 e. The van der Waals surface area contributed by atoms with Gasteiger partial charge in [-0.2, -0.15) is 5.10 Å². The molecule has 4 aromatic rings. The van der Waals surface area contributed by atoms with Gasteiger partial charge in [-0.3, -0.25) is 9.48 Å². The quantitative estimate of drug-likeness (QED) is 0.267. The Kier molecular flexibility index (Phi) is 7.08. The van der Waals surface area contributed by atoms with E-state index in [1.807, 2.05) is 17.1 Å². The van der Waals surface area contributed by atoms with E-state index < -0.39 is 0 Å². The van der Waals surface area contributed by atoms with Crippen LogP contribution in [0, 0.1) is 0 Å². The summed E-state index contributed by atoms with van der Waals surface area (Å²) < 4.78 is 18.2. The number of aromatic amines is 1. The van der Waals surface area contributed by atoms with Crippen molar-refractivity contribution in [2.24, 2.45) is 0 Å². The summed E-state index contributed by atoms with van der Waals surface area (Å²) in [5, 5.41) is 7.10. The number of nitrogens with zero attached hydrogens (tertiary/aromatic N) is 4. The van der Waals surface area contributed by atoms with Crippen LogP contribution in [-0.4, -0.2) is 57.6 Å². The third-order valence-electron chi connectivity index (χ3n) is 4.71. The molecule has 1 amide bonds. The second-order valence-electron chi connectivity index (χ2n) is 7.03. The minimum atomic E-state index is -0.299. The van der Waals surface area contributed by atoms with Crippen molar-refractivity contribution in [2.45, 2.75) is 6.54 Å². The fraction of sp³-hybridized carbons (Fsp3) is 0.217. The number of hydrogen-bond acceptors (Lipinski definition) is 7. The predicted molar refractivity (Wildman–Crippen MR) is 123 cm³/mol. The standard InChI is InChI=1S/C23H24N6O4/c1-3-20(30)27-17-5-4-6-18(11-17)33-21-14-25-23-22(28-21)19(13-24-23)16-12-26-29(15-16)7-8-32-10-9-31-2/h3-6,11-15H,1,7-10H2,2H3,(H,24,25)(H,27,30). The highest BCUT2D eigenvalue weighted by Crippen LogP contribution is 2.29. The first-order valence-corrected chi connectivity index (χ1v) is 10.3. The maximum absolute atomic E-state index is 11.5. The maximum Gasteiger partial charge on any atom is 0.247 e. The number of carbonyl (C=O) groups excluding carboxylic acids is 1. The van der Waals surface area contributed by atoms with E-state index in [1.165, 1.54) is 6.08 Å². The van der Waals surface area contributed by atoms with Gasteiger partial charge < -0.3 is 24.5 Å². The van der Waals surface area contributed by atoms with Crippen LogP contribution in [-0.2, 0) is 20.8 Å². The van der Waals surface area contributed by atoms with Gasteiger partial charge in [0.2, 0.25) is 11.8 Å². The monoisotopic (exact) mass is 448 g/mol. The van der Waals surface area contributed by atoms with Crippen LogP contribution in [0.25, 0.3) is 22.3 Å². The van der Waals surface area contributed by atoms with Crippen LogP contribution in [0.1, 0.15) is 0 Å². The topological polar surface area (TPSA) is 116 Å². The number of nitrogens with one attached hydrogen (secondary N) is 2. The van der Waals surface area contributed by atoms with Gasteiger partial charge in [0.1, 0.15) is 11.3 Å². The highest BCUT2D eigenvalue weighted by Gasteiger charge is 2.13. The molecule has 10 nitrogen and oxygen atoms in total. The van der Waals surface area contributed by atoms with Gasteiger partial charge in [0, 0.05) is 42.4 Å². The lowest BCUT2D eigenvalue weighted by Gasteiger charge is -2.07. The van der Waals surface area contributed by atoms with Crippen LogP contribution in [0.15, 0.2) is 61.7 Å². The van der Waals surface area contributed by atoms with Crippen molar-refractivity contribution in [1.82, 2.24) is 24.7 Å². The fourth-order valence-electron chi connectivity index (χ4n) is 3.12. The molecule has 0 radical (unpaired) electrons. The van der Waals surface area contributed by atoms with Crippen molar-refractivity contribution in [3.8, 4) is 22.8 Å². The second kappa shape index (κ2) is 10.5. The molecule has 0 aliphatic heterocycles. The van der Waals surface area contributed by atoms with Crippen LogP contribution < -0.4 is 10.1 Å². The summed E-state index contributed by atoms with van der Waals surface area (Å²) in [6, 6.07) is 7.00. The lowest BCUT2D eigenvalue weighted by atomic mass is 10.2. The summed E-state index contributed by atoms with van der Waals surface area (Å²) in [5.74, 6) is 0.547. The molecule has 2 N–H and O–H groups in total. The number of H-pyrrole nitrogens is 1. The Labute approximate surface area is 190 Å². The van der Waals surface area contributed by atoms with Gasteiger partial charge in [-0.1, -0.05) is 12.6 Å². The van der Waals surface area contributed by atoms with Crippen molar-refractivity contribution in [1.29, 1.82) is 0 Å². The Hall–Kier alpha value is -4.02. The zero-order valence-electron chi connectivity index (χ0n) is 18.2. The minimum absolute atomic E-state index is 0.299. The Morgan fingerprint density at radius 2 is 2.18 bits per heavy atom. The molecule has 0 aliphatic rings. The zero-order chi connectivity index (χ0) is 23.0. The first-order valence-electron chi connectivity index (χ1n) is 10.3. The van der Waals surface area contributed by atoms with Gasteiger partial charge in [-0.15, -0.1) is 0 Å². The molecule has 33 heavy (non-hydrogen) atoms. The number of anilines is 1. The third kappa shape index (κ3) is 5.62. The molecule has 0 saturated carbocycles. The first kappa shape index (κ1) is 22.2. The van der Waals surface area contributed by atoms with E-state index in [2.05, 4.69) is 31.9 Å². The number of fused-ring (bicyclic) bond motifs is 1. The molecule has 0 spiro atoms. The third-order valence-corrected chi connectivity index (χ3v) is 4.71. The summed E-state index contributed by atoms with van der Waals surface area (Å²) in [6.45, 7) is 5.74. The Bertz CT molecular complexity index is 1250. The summed E-state index contributed by atoms with van der Waals surface area (Å²) in [4.78, 5) is 23.7. The van der Waals surface area contributed by atoms with Crippen LogP contribution >= 0.6 is 0 Å². The van der Waals surface area contributed by atoms with Gasteiger partial charge in [-0.05, 0) is 18.2 Å². The largest absolute Gasteiger partial charge is 0.437 e. The number of aromatic nitrogens is 5. The number of carbonyl (C=O) groups is 1. The van der Waals surface area contributed by atoms with Crippen molar-refractivity contribution >= 4 is 22.8 Å². The lowest BCUT2D eigenvalue weighted by Crippen LogP contribution is -2.09. The molecular weight excluding hydrogens is 424 g/mol. The lowest BCUT2D eigenvalue weighted by molar-refractivity contribution is -0.111. The molecule has 0 bridgehead atoms. The van der Waals surface area contributed by atoms with E-state index in [0.717, 1.165) is 11.1 Å². The molecule has 0 fully saturated rings. The van der Waals surface area contributed by atoms with E-state index in [1.54, 1.807) is 43.8 Å². The first-order chi connectivity index (χ1) is 16.2. The summed E-state index contributed by atoms with van der Waals surface area (Å²) in [7, 11) is 1.64. The molecule has 0 unspecified atom stereocenters. The molecule has 0 atom stereocenters. The number of methoxy groups -OCH3 is 1. The van der Waals surface area contributed by atoms with Gasteiger partial charge in [-0.25, -0.2) is 9.97 Å². The van der Waals surface area contributed by atoms with Crippen LogP contribution in [0.4, 0.5) is 5.69 Å². The van der Waals surface area contributed by atoms with E-state index in [4.69, 9.17) is 14.2 Å². The molecule has 3 heterocycles. The summed E-state index contributed by atoms with van der Waals surface area (Å²) in [6.07, 6.45) is 8.30. The van der Waals surface area contributed by atoms with Crippen molar-refractivity contribution in [3.63, 3.8) is 0 Å². The average Bonchev–Trinajstić information content (AvgIpc) is 3.45. The smallest absolute Gasteiger partial charge is 0.247 e. The normalized spacial score (nSPS) is 10.9. The summed E-state index contributed by atoms with van der Waals surface area (Å²) in [5.41, 5.74) is 3.66. The molecule has 4 rings (SSSR count). The molecular formula is C23H24N6O4. The van der Waals surface area contributed by atoms with Crippen LogP contribution in [0.5, 0.6) is 11.6 Å². The maximum atomic E-state index is 11.5. The van der Waals surface area contributed by atoms with E-state index >= 15 is 0 Å². The molecule has 3 aromatic heterocycles. The Balaban J connectivity index is 1.49. The van der Waals surface area contributed by atoms with Gasteiger partial charge >= 0.3 is 0 Å². The Morgan fingerprint density at radius 1 is 1.27 bits per heavy atom. The molecule has 10 heteroatoms. The van der Waals surface area contributed by atoms with E-state index in [0.29, 0.717) is 54.8 Å². The molecule has 0 aliphatic carbocycles. The number of rotatable bonds is 11. The van der Waals surface area contributed by atoms with Crippen LogP contribution in [0.3, 0.4) is 0 Å². The zero-order valence-corrected chi connectivity index (χ0v) is 18.2.